The number of Topliss-reactive ketones (excluding diaryl/α,β-unsaturated/α-hetero) is 1. The highest BCUT2D eigenvalue weighted by Gasteiger charge is 2.22. The molecule has 0 aliphatic rings. The lowest BCUT2D eigenvalue weighted by Gasteiger charge is -2.04. The predicted octanol–water partition coefficient (Wildman–Crippen LogP) is 5.96. The van der Waals surface area contributed by atoms with E-state index in [1.54, 1.807) is 24.3 Å². The zero-order valence-electron chi connectivity index (χ0n) is 14.1. The van der Waals surface area contributed by atoms with E-state index in [4.69, 9.17) is 11.6 Å². The maximum Gasteiger partial charge on any atom is 0.287 e. The number of aromatic nitrogens is 2. The molecule has 0 saturated heterocycles. The molecule has 0 atom stereocenters. The first kappa shape index (κ1) is 18.4. The first-order valence-electron chi connectivity index (χ1n) is 8.26. The molecule has 3 nitrogen and oxygen atoms in total. The van der Waals surface area contributed by atoms with Crippen LogP contribution in [0.25, 0.3) is 16.9 Å². The number of nitrogens with zero attached hydrogens (tertiary/aromatic N) is 2. The van der Waals surface area contributed by atoms with Crippen molar-refractivity contribution in [2.75, 3.05) is 0 Å². The molecule has 0 unspecified atom stereocenters. The van der Waals surface area contributed by atoms with Gasteiger partial charge in [-0.25, -0.2) is 8.97 Å². The number of fused-ring (bicyclic) bond motifs is 1. The minimum absolute atomic E-state index is 0.0334. The molecule has 2 aromatic heterocycles. The van der Waals surface area contributed by atoms with Gasteiger partial charge < -0.3 is 0 Å². The van der Waals surface area contributed by atoms with Gasteiger partial charge in [0.1, 0.15) is 12.4 Å². The van der Waals surface area contributed by atoms with Crippen LogP contribution < -0.4 is 4.40 Å². The van der Waals surface area contributed by atoms with Crippen molar-refractivity contribution in [2.24, 2.45) is 0 Å². The molecular formula is C21H14Br2ClN2O+. The van der Waals surface area contributed by atoms with Gasteiger partial charge >= 0.3 is 0 Å². The van der Waals surface area contributed by atoms with E-state index < -0.39 is 0 Å². The summed E-state index contributed by atoms with van der Waals surface area (Å²) in [7, 11) is 0. The SMILES string of the molecule is O=C(Cn1c(-c2ccc(Br)cc2)c[n+]2cc(Br)ccc12)c1ccc(Cl)cc1. The maximum atomic E-state index is 12.9. The van der Waals surface area contributed by atoms with Crippen molar-refractivity contribution in [3.63, 3.8) is 0 Å². The van der Waals surface area contributed by atoms with Crippen molar-refractivity contribution in [1.82, 2.24) is 4.57 Å². The average Bonchev–Trinajstić information content (AvgIpc) is 3.00. The summed E-state index contributed by atoms with van der Waals surface area (Å²) in [6.45, 7) is 0.241. The quantitative estimate of drug-likeness (QED) is 0.248. The Hall–Kier alpha value is -1.95. The van der Waals surface area contributed by atoms with Gasteiger partial charge in [-0.1, -0.05) is 27.5 Å². The van der Waals surface area contributed by atoms with E-state index in [9.17, 15) is 4.79 Å². The van der Waals surface area contributed by atoms with Gasteiger partial charge in [-0.15, -0.1) is 0 Å². The number of hydrogen-bond donors (Lipinski definition) is 0. The third kappa shape index (κ3) is 3.86. The molecule has 0 aliphatic carbocycles. The van der Waals surface area contributed by atoms with Crippen molar-refractivity contribution in [3.05, 3.63) is 92.6 Å². The second kappa shape index (κ2) is 7.58. The lowest BCUT2D eigenvalue weighted by atomic mass is 10.1. The van der Waals surface area contributed by atoms with Crippen LogP contribution in [0, 0.1) is 0 Å². The van der Waals surface area contributed by atoms with Crippen LogP contribution in [0.1, 0.15) is 10.4 Å². The van der Waals surface area contributed by atoms with Crippen LogP contribution in [0.2, 0.25) is 5.02 Å². The number of benzene rings is 2. The van der Waals surface area contributed by atoms with Gasteiger partial charge in [0.15, 0.2) is 12.2 Å². The number of ketones is 1. The molecule has 4 aromatic rings. The Morgan fingerprint density at radius 1 is 0.889 bits per heavy atom. The summed E-state index contributed by atoms with van der Waals surface area (Å²) in [5.74, 6) is 0.0334. The average molecular weight is 506 g/mol. The minimum Gasteiger partial charge on any atom is -0.290 e. The smallest absolute Gasteiger partial charge is 0.287 e. The highest BCUT2D eigenvalue weighted by molar-refractivity contribution is 9.10. The summed E-state index contributed by atoms with van der Waals surface area (Å²) in [5.41, 5.74) is 3.60. The molecule has 0 N–H and O–H groups in total. The van der Waals surface area contributed by atoms with Crippen molar-refractivity contribution < 1.29 is 9.20 Å². The number of pyridine rings is 1. The first-order valence-corrected chi connectivity index (χ1v) is 10.2. The summed E-state index contributed by atoms with van der Waals surface area (Å²) >= 11 is 12.9. The third-order valence-corrected chi connectivity index (χ3v) is 5.60. The van der Waals surface area contributed by atoms with Crippen LogP contribution in [0.15, 0.2) is 82.0 Å². The molecule has 2 heterocycles. The standard InChI is InChI=1S/C21H14Br2ClN2O/c22-16-5-1-14(2-6-16)19-12-25-11-17(23)7-10-21(25)26(19)13-20(27)15-3-8-18(24)9-4-15/h1-12H,13H2/q+1. The summed E-state index contributed by atoms with van der Waals surface area (Å²) in [5, 5.41) is 0.619. The Labute approximate surface area is 178 Å². The van der Waals surface area contributed by atoms with Crippen LogP contribution in [0.3, 0.4) is 0 Å². The fourth-order valence-corrected chi connectivity index (χ4v) is 3.77. The molecule has 27 heavy (non-hydrogen) atoms. The van der Waals surface area contributed by atoms with Gasteiger partial charge in [-0.3, -0.25) is 4.79 Å². The Kier molecular flexibility index (Phi) is 5.17. The normalized spacial score (nSPS) is 11.1. The topological polar surface area (TPSA) is 26.1 Å². The van der Waals surface area contributed by atoms with Gasteiger partial charge in [0.2, 0.25) is 5.78 Å². The zero-order chi connectivity index (χ0) is 19.0. The summed E-state index contributed by atoms with van der Waals surface area (Å²) < 4.78 is 6.05. The van der Waals surface area contributed by atoms with Gasteiger partial charge in [0.05, 0.1) is 4.47 Å². The molecule has 134 valence electrons. The van der Waals surface area contributed by atoms with E-state index in [0.717, 1.165) is 25.8 Å². The fourth-order valence-electron chi connectivity index (χ4n) is 3.03. The Balaban J connectivity index is 1.82. The maximum absolute atomic E-state index is 12.9. The number of halogens is 3. The summed E-state index contributed by atoms with van der Waals surface area (Å²) in [6, 6.07) is 19.1. The number of carbonyl (C=O) groups excluding carboxylic acids is 1. The number of imidazole rings is 1. The molecule has 2 aromatic carbocycles. The van der Waals surface area contributed by atoms with Crippen molar-refractivity contribution in [1.29, 1.82) is 0 Å². The fraction of sp³-hybridized carbons (Fsp3) is 0.0476. The molecule has 0 aliphatic heterocycles. The van der Waals surface area contributed by atoms with Crippen LogP contribution in [-0.4, -0.2) is 10.4 Å². The second-order valence-corrected chi connectivity index (χ2v) is 8.42. The number of hydrogen-bond acceptors (Lipinski definition) is 1. The molecule has 0 spiro atoms. The summed E-state index contributed by atoms with van der Waals surface area (Å²) in [4.78, 5) is 12.9. The highest BCUT2D eigenvalue weighted by Crippen LogP contribution is 2.24. The van der Waals surface area contributed by atoms with E-state index in [2.05, 4.69) is 31.9 Å². The zero-order valence-corrected chi connectivity index (χ0v) is 18.0. The largest absolute Gasteiger partial charge is 0.290 e. The Morgan fingerprint density at radius 3 is 2.26 bits per heavy atom. The van der Waals surface area contributed by atoms with E-state index in [-0.39, 0.29) is 12.3 Å². The third-order valence-electron chi connectivity index (χ3n) is 4.36. The monoisotopic (exact) mass is 503 g/mol. The molecule has 0 saturated carbocycles. The minimum atomic E-state index is 0.0334. The molecule has 0 fully saturated rings. The Morgan fingerprint density at radius 2 is 1.56 bits per heavy atom. The van der Waals surface area contributed by atoms with Crippen molar-refractivity contribution >= 4 is 54.9 Å². The van der Waals surface area contributed by atoms with Crippen molar-refractivity contribution in [2.45, 2.75) is 6.54 Å². The molecule has 4 rings (SSSR count). The lowest BCUT2D eigenvalue weighted by molar-refractivity contribution is -0.511. The summed E-state index contributed by atoms with van der Waals surface area (Å²) in [6.07, 6.45) is 4.03. The molecule has 0 amide bonds. The van der Waals surface area contributed by atoms with E-state index >= 15 is 0 Å². The number of rotatable bonds is 4. The number of carbonyl (C=O) groups is 1. The Bertz CT molecular complexity index is 1140. The van der Waals surface area contributed by atoms with Crippen LogP contribution in [0.5, 0.6) is 0 Å². The van der Waals surface area contributed by atoms with Crippen LogP contribution in [0.4, 0.5) is 0 Å². The first-order chi connectivity index (χ1) is 13.0. The molecule has 0 bridgehead atoms. The predicted molar refractivity (Wildman–Crippen MR) is 114 cm³/mol. The van der Waals surface area contributed by atoms with Crippen LogP contribution in [-0.2, 0) is 6.54 Å². The second-order valence-electron chi connectivity index (χ2n) is 6.15. The van der Waals surface area contributed by atoms with E-state index in [1.165, 1.54) is 0 Å². The van der Waals surface area contributed by atoms with Crippen molar-refractivity contribution in [3.8, 4) is 11.3 Å². The van der Waals surface area contributed by atoms with Crippen LogP contribution >= 0.6 is 43.5 Å². The van der Waals surface area contributed by atoms with Gasteiger partial charge in [0, 0.05) is 26.7 Å². The van der Waals surface area contributed by atoms with E-state index in [1.807, 2.05) is 57.8 Å². The van der Waals surface area contributed by atoms with E-state index in [0.29, 0.717) is 10.6 Å². The molecule has 0 radical (unpaired) electrons. The van der Waals surface area contributed by atoms with Gasteiger partial charge in [0.25, 0.3) is 5.65 Å². The van der Waals surface area contributed by atoms with Gasteiger partial charge in [-0.2, -0.15) is 0 Å². The molecular weight excluding hydrogens is 492 g/mol. The highest BCUT2D eigenvalue weighted by atomic mass is 79.9. The lowest BCUT2D eigenvalue weighted by Crippen LogP contribution is -2.20. The molecule has 6 heteroatoms. The van der Waals surface area contributed by atoms with Gasteiger partial charge in [-0.05, 0) is 70.5 Å².